The van der Waals surface area contributed by atoms with Gasteiger partial charge in [0.05, 0.1) is 0 Å². The fourth-order valence-electron chi connectivity index (χ4n) is 3.16. The third-order valence-corrected chi connectivity index (χ3v) is 4.39. The second-order valence-corrected chi connectivity index (χ2v) is 6.21. The molecule has 3 nitrogen and oxygen atoms in total. The summed E-state index contributed by atoms with van der Waals surface area (Å²) in [5.74, 6) is 0.652. The van der Waals surface area contributed by atoms with Crippen molar-refractivity contribution in [1.29, 1.82) is 0 Å². The van der Waals surface area contributed by atoms with E-state index in [9.17, 15) is 4.79 Å². The third-order valence-electron chi connectivity index (χ3n) is 4.39. The number of carbonyl (C=O) groups excluding carboxylic acids is 1. The van der Waals surface area contributed by atoms with Gasteiger partial charge in [-0.25, -0.2) is 0 Å². The quantitative estimate of drug-likeness (QED) is 0.517. The van der Waals surface area contributed by atoms with Crippen LogP contribution in [0.4, 0.5) is 0 Å². The fraction of sp³-hybridized carbons (Fsp3) is 0.136. The Labute approximate surface area is 146 Å². The van der Waals surface area contributed by atoms with Gasteiger partial charge in [-0.3, -0.25) is 4.79 Å². The first kappa shape index (κ1) is 15.5. The van der Waals surface area contributed by atoms with Crippen LogP contribution in [-0.2, 0) is 11.4 Å². The van der Waals surface area contributed by atoms with E-state index in [-0.39, 0.29) is 5.97 Å². The molecule has 0 N–H and O–H groups in total. The van der Waals surface area contributed by atoms with Gasteiger partial charge in [-0.2, -0.15) is 0 Å². The predicted octanol–water partition coefficient (Wildman–Crippen LogP) is 4.62. The van der Waals surface area contributed by atoms with Crippen molar-refractivity contribution in [2.75, 3.05) is 0 Å². The van der Waals surface area contributed by atoms with E-state index in [1.165, 1.54) is 0 Å². The van der Waals surface area contributed by atoms with Gasteiger partial charge in [-0.15, -0.1) is 0 Å². The van der Waals surface area contributed by atoms with Crippen molar-refractivity contribution in [3.8, 4) is 11.5 Å². The molecule has 1 unspecified atom stereocenters. The molecule has 0 spiro atoms. The summed E-state index contributed by atoms with van der Waals surface area (Å²) in [5, 5.41) is 0. The van der Waals surface area contributed by atoms with Gasteiger partial charge in [-0.1, -0.05) is 66.2 Å². The molecule has 3 aromatic carbocycles. The van der Waals surface area contributed by atoms with Crippen molar-refractivity contribution in [1.82, 2.24) is 0 Å². The van der Waals surface area contributed by atoms with E-state index < -0.39 is 5.92 Å². The van der Waals surface area contributed by atoms with Crippen LogP contribution in [0.25, 0.3) is 0 Å². The van der Waals surface area contributed by atoms with Gasteiger partial charge in [0.15, 0.2) is 0 Å². The number of aryl methyl sites for hydroxylation is 1. The molecule has 3 heteroatoms. The lowest BCUT2D eigenvalue weighted by Gasteiger charge is -2.15. The highest BCUT2D eigenvalue weighted by Gasteiger charge is 2.36. The van der Waals surface area contributed by atoms with E-state index in [0.29, 0.717) is 18.1 Å². The maximum Gasteiger partial charge on any atom is 0.323 e. The molecule has 124 valence electrons. The van der Waals surface area contributed by atoms with Gasteiger partial charge in [0.25, 0.3) is 0 Å². The van der Waals surface area contributed by atoms with Crippen LogP contribution in [0.15, 0.2) is 72.8 Å². The van der Waals surface area contributed by atoms with Crippen LogP contribution in [-0.4, -0.2) is 5.97 Å². The Bertz CT molecular complexity index is 916. The second-order valence-electron chi connectivity index (χ2n) is 6.21. The molecule has 0 aromatic heterocycles. The number of esters is 1. The molecular weight excluding hydrogens is 312 g/mol. The molecule has 0 fully saturated rings. The average Bonchev–Trinajstić information content (AvgIpc) is 2.96. The van der Waals surface area contributed by atoms with Crippen molar-refractivity contribution >= 4 is 5.97 Å². The Morgan fingerprint density at radius 1 is 0.920 bits per heavy atom. The van der Waals surface area contributed by atoms with Crippen LogP contribution < -0.4 is 9.47 Å². The van der Waals surface area contributed by atoms with E-state index in [1.807, 2.05) is 79.7 Å². The monoisotopic (exact) mass is 330 g/mol. The van der Waals surface area contributed by atoms with E-state index in [1.54, 1.807) is 0 Å². The molecule has 0 bridgehead atoms. The number of benzene rings is 3. The molecule has 1 aliphatic heterocycles. The third kappa shape index (κ3) is 3.01. The van der Waals surface area contributed by atoms with Gasteiger partial charge in [0, 0.05) is 11.1 Å². The zero-order chi connectivity index (χ0) is 17.2. The molecule has 0 saturated carbocycles. The predicted molar refractivity (Wildman–Crippen MR) is 95.9 cm³/mol. The van der Waals surface area contributed by atoms with E-state index in [4.69, 9.17) is 9.47 Å². The first-order valence-corrected chi connectivity index (χ1v) is 8.30. The summed E-state index contributed by atoms with van der Waals surface area (Å²) in [6, 6.07) is 23.5. The maximum atomic E-state index is 12.5. The summed E-state index contributed by atoms with van der Waals surface area (Å²) in [7, 11) is 0. The first-order valence-electron chi connectivity index (χ1n) is 8.30. The fourth-order valence-corrected chi connectivity index (χ4v) is 3.16. The number of rotatable bonds is 4. The maximum absolute atomic E-state index is 12.5. The Morgan fingerprint density at radius 2 is 1.68 bits per heavy atom. The van der Waals surface area contributed by atoms with Crippen molar-refractivity contribution in [2.45, 2.75) is 19.4 Å². The highest BCUT2D eigenvalue weighted by molar-refractivity contribution is 5.90. The Hall–Kier alpha value is -3.07. The largest absolute Gasteiger partial charge is 0.489 e. The molecule has 0 saturated heterocycles. The second kappa shape index (κ2) is 6.44. The van der Waals surface area contributed by atoms with E-state index in [2.05, 4.69) is 0 Å². The highest BCUT2D eigenvalue weighted by atomic mass is 16.5. The van der Waals surface area contributed by atoms with Crippen molar-refractivity contribution < 1.29 is 14.3 Å². The summed E-state index contributed by atoms with van der Waals surface area (Å²) in [5.41, 5.74) is 3.93. The summed E-state index contributed by atoms with van der Waals surface area (Å²) in [4.78, 5) is 12.5. The molecule has 25 heavy (non-hydrogen) atoms. The van der Waals surface area contributed by atoms with Gasteiger partial charge >= 0.3 is 5.97 Å². The summed E-state index contributed by atoms with van der Waals surface area (Å²) >= 11 is 0. The first-order chi connectivity index (χ1) is 12.2. The normalized spacial score (nSPS) is 15.6. The number of hydrogen-bond acceptors (Lipinski definition) is 3. The van der Waals surface area contributed by atoms with E-state index >= 15 is 0 Å². The van der Waals surface area contributed by atoms with Gasteiger partial charge in [-0.05, 0) is 24.6 Å². The number of carbonyl (C=O) groups is 1. The summed E-state index contributed by atoms with van der Waals surface area (Å²) < 4.78 is 11.5. The Kier molecular flexibility index (Phi) is 3.98. The Morgan fingerprint density at radius 3 is 2.52 bits per heavy atom. The van der Waals surface area contributed by atoms with Crippen molar-refractivity contribution in [3.05, 3.63) is 95.1 Å². The Balaban J connectivity index is 1.68. The van der Waals surface area contributed by atoms with Gasteiger partial charge < -0.3 is 9.47 Å². The van der Waals surface area contributed by atoms with Crippen molar-refractivity contribution in [3.63, 3.8) is 0 Å². The van der Waals surface area contributed by atoms with E-state index in [0.717, 1.165) is 22.3 Å². The molecule has 1 atom stereocenters. The topological polar surface area (TPSA) is 35.5 Å². The number of para-hydroxylation sites is 1. The lowest BCUT2D eigenvalue weighted by molar-refractivity contribution is -0.133. The number of fused-ring (bicyclic) bond motifs is 1. The molecule has 0 radical (unpaired) electrons. The molecule has 0 amide bonds. The van der Waals surface area contributed by atoms with Crippen LogP contribution in [0.5, 0.6) is 11.5 Å². The zero-order valence-electron chi connectivity index (χ0n) is 13.9. The van der Waals surface area contributed by atoms with Crippen molar-refractivity contribution in [2.24, 2.45) is 0 Å². The minimum atomic E-state index is -0.443. The number of hydrogen-bond donors (Lipinski definition) is 0. The molecular formula is C22H18O3. The van der Waals surface area contributed by atoms with Crippen LogP contribution in [0.2, 0.25) is 0 Å². The molecule has 1 aliphatic rings. The molecule has 4 rings (SSSR count). The standard InChI is InChI=1S/C22H18O3/c1-15-11-12-20-18(13-15)21(22(23)25-20)17-9-5-6-10-19(17)24-14-16-7-3-2-4-8-16/h2-13,21H,14H2,1H3. The highest BCUT2D eigenvalue weighted by Crippen LogP contribution is 2.42. The lowest BCUT2D eigenvalue weighted by Crippen LogP contribution is -2.13. The minimum absolute atomic E-state index is 0.253. The number of ether oxygens (including phenoxy) is 2. The summed E-state index contributed by atoms with van der Waals surface area (Å²) in [6.45, 7) is 2.47. The van der Waals surface area contributed by atoms with Crippen LogP contribution in [0, 0.1) is 6.92 Å². The SMILES string of the molecule is Cc1ccc2c(c1)C(c1ccccc1OCc1ccccc1)C(=O)O2. The van der Waals surface area contributed by atoms with Crippen LogP contribution in [0.1, 0.15) is 28.2 Å². The zero-order valence-corrected chi connectivity index (χ0v) is 13.9. The lowest BCUT2D eigenvalue weighted by atomic mass is 9.91. The minimum Gasteiger partial charge on any atom is -0.489 e. The average molecular weight is 330 g/mol. The van der Waals surface area contributed by atoms with Gasteiger partial charge in [0.2, 0.25) is 0 Å². The molecule has 1 heterocycles. The smallest absolute Gasteiger partial charge is 0.323 e. The van der Waals surface area contributed by atoms with Crippen LogP contribution in [0.3, 0.4) is 0 Å². The van der Waals surface area contributed by atoms with Gasteiger partial charge in [0.1, 0.15) is 24.0 Å². The molecule has 3 aromatic rings. The summed E-state index contributed by atoms with van der Waals surface area (Å²) in [6.07, 6.45) is 0. The van der Waals surface area contributed by atoms with Crippen LogP contribution >= 0.6 is 0 Å². The molecule has 0 aliphatic carbocycles.